The molecule has 1 fully saturated rings. The molecule has 0 aliphatic carbocycles. The topological polar surface area (TPSA) is 67.3 Å². The van der Waals surface area contributed by atoms with Gasteiger partial charge in [0.25, 0.3) is 0 Å². The van der Waals surface area contributed by atoms with Gasteiger partial charge in [0.2, 0.25) is 5.91 Å². The standard InChI is InChI=1S/C14H21ClN4O2/c1-10(9-21-2)16-14(20)11-4-3-7-19(8-11)13-6-5-12(15)17-18-13/h5-6,10-11H,3-4,7-9H2,1-2H3,(H,16,20)/t10-,11+/m0/s1. The Morgan fingerprint density at radius 1 is 1.57 bits per heavy atom. The molecule has 0 saturated carbocycles. The zero-order valence-corrected chi connectivity index (χ0v) is 13.1. The van der Waals surface area contributed by atoms with Gasteiger partial charge in [0.05, 0.1) is 12.5 Å². The second kappa shape index (κ2) is 7.56. The molecular formula is C14H21ClN4O2. The Hall–Kier alpha value is -1.40. The number of hydrogen-bond donors (Lipinski definition) is 1. The van der Waals surface area contributed by atoms with Crippen molar-refractivity contribution in [1.82, 2.24) is 15.5 Å². The van der Waals surface area contributed by atoms with Gasteiger partial charge in [-0.1, -0.05) is 11.6 Å². The normalized spacial score (nSPS) is 20.1. The van der Waals surface area contributed by atoms with E-state index in [1.165, 1.54) is 0 Å². The lowest BCUT2D eigenvalue weighted by molar-refractivity contribution is -0.126. The summed E-state index contributed by atoms with van der Waals surface area (Å²) in [5.41, 5.74) is 0. The molecular weight excluding hydrogens is 292 g/mol. The van der Waals surface area contributed by atoms with Crippen molar-refractivity contribution in [2.24, 2.45) is 5.92 Å². The number of hydrogen-bond acceptors (Lipinski definition) is 5. The lowest BCUT2D eigenvalue weighted by Crippen LogP contribution is -2.46. The van der Waals surface area contributed by atoms with Gasteiger partial charge in [-0.15, -0.1) is 10.2 Å². The summed E-state index contributed by atoms with van der Waals surface area (Å²) >= 11 is 5.75. The van der Waals surface area contributed by atoms with Gasteiger partial charge in [-0.3, -0.25) is 4.79 Å². The highest BCUT2D eigenvalue weighted by atomic mass is 35.5. The Kier molecular flexibility index (Phi) is 5.76. The highest BCUT2D eigenvalue weighted by molar-refractivity contribution is 6.29. The maximum Gasteiger partial charge on any atom is 0.225 e. The molecule has 2 rings (SSSR count). The van der Waals surface area contributed by atoms with E-state index in [-0.39, 0.29) is 17.9 Å². The zero-order valence-electron chi connectivity index (χ0n) is 12.4. The molecule has 1 amide bonds. The van der Waals surface area contributed by atoms with Crippen LogP contribution >= 0.6 is 11.6 Å². The summed E-state index contributed by atoms with van der Waals surface area (Å²) in [7, 11) is 1.63. The van der Waals surface area contributed by atoms with Gasteiger partial charge in [0, 0.05) is 26.2 Å². The molecule has 6 nitrogen and oxygen atoms in total. The number of piperidine rings is 1. The predicted octanol–water partition coefficient (Wildman–Crippen LogP) is 1.50. The average molecular weight is 313 g/mol. The first kappa shape index (κ1) is 16.0. The quantitative estimate of drug-likeness (QED) is 0.892. The smallest absolute Gasteiger partial charge is 0.225 e. The van der Waals surface area contributed by atoms with Gasteiger partial charge >= 0.3 is 0 Å². The first-order chi connectivity index (χ1) is 10.1. The van der Waals surface area contributed by atoms with Crippen LogP contribution in [-0.2, 0) is 9.53 Å². The van der Waals surface area contributed by atoms with E-state index in [0.29, 0.717) is 18.3 Å². The number of nitrogens with zero attached hydrogens (tertiary/aromatic N) is 3. The molecule has 1 aromatic rings. The van der Waals surface area contributed by atoms with Crippen molar-refractivity contribution in [1.29, 1.82) is 0 Å². The molecule has 0 spiro atoms. The van der Waals surface area contributed by atoms with E-state index in [2.05, 4.69) is 20.4 Å². The van der Waals surface area contributed by atoms with Crippen molar-refractivity contribution in [3.05, 3.63) is 17.3 Å². The van der Waals surface area contributed by atoms with Crippen LogP contribution in [0, 0.1) is 5.92 Å². The molecule has 7 heteroatoms. The Morgan fingerprint density at radius 3 is 3.05 bits per heavy atom. The number of nitrogens with one attached hydrogen (secondary N) is 1. The second-order valence-corrected chi connectivity index (χ2v) is 5.75. The Balaban J connectivity index is 1.94. The number of carbonyl (C=O) groups excluding carboxylic acids is 1. The van der Waals surface area contributed by atoms with Crippen molar-refractivity contribution in [2.75, 3.05) is 31.7 Å². The van der Waals surface area contributed by atoms with Crippen LogP contribution in [0.4, 0.5) is 5.82 Å². The van der Waals surface area contributed by atoms with Crippen LogP contribution in [0.15, 0.2) is 12.1 Å². The fourth-order valence-corrected chi connectivity index (χ4v) is 2.63. The number of carbonyl (C=O) groups is 1. The van der Waals surface area contributed by atoms with Crippen LogP contribution in [-0.4, -0.2) is 49.0 Å². The Morgan fingerprint density at radius 2 is 2.38 bits per heavy atom. The minimum absolute atomic E-state index is 0.0215. The number of ether oxygens (including phenoxy) is 1. The summed E-state index contributed by atoms with van der Waals surface area (Å²) in [5, 5.41) is 11.3. The predicted molar refractivity (Wildman–Crippen MR) is 81.5 cm³/mol. The summed E-state index contributed by atoms with van der Waals surface area (Å²) in [6, 6.07) is 3.57. The largest absolute Gasteiger partial charge is 0.383 e. The number of aromatic nitrogens is 2. The van der Waals surface area contributed by atoms with Crippen LogP contribution in [0.25, 0.3) is 0 Å². The van der Waals surface area contributed by atoms with Crippen molar-refractivity contribution >= 4 is 23.3 Å². The third kappa shape index (κ3) is 4.54. The van der Waals surface area contributed by atoms with E-state index >= 15 is 0 Å². The summed E-state index contributed by atoms with van der Waals surface area (Å²) in [4.78, 5) is 14.3. The number of rotatable bonds is 5. The first-order valence-corrected chi connectivity index (χ1v) is 7.51. The third-order valence-electron chi connectivity index (χ3n) is 3.54. The molecule has 1 N–H and O–H groups in total. The van der Waals surface area contributed by atoms with Crippen LogP contribution in [0.1, 0.15) is 19.8 Å². The number of anilines is 1. The van der Waals surface area contributed by atoms with E-state index in [1.807, 2.05) is 13.0 Å². The number of methoxy groups -OCH3 is 1. The van der Waals surface area contributed by atoms with Gasteiger partial charge in [-0.05, 0) is 31.9 Å². The van der Waals surface area contributed by atoms with E-state index in [1.54, 1.807) is 13.2 Å². The van der Waals surface area contributed by atoms with E-state index < -0.39 is 0 Å². The Labute approximate surface area is 129 Å². The highest BCUT2D eigenvalue weighted by Gasteiger charge is 2.27. The summed E-state index contributed by atoms with van der Waals surface area (Å²) in [5.74, 6) is 0.809. The van der Waals surface area contributed by atoms with Crippen LogP contribution < -0.4 is 10.2 Å². The molecule has 0 radical (unpaired) electrons. The van der Waals surface area contributed by atoms with Gasteiger partial charge in [-0.2, -0.15) is 0 Å². The summed E-state index contributed by atoms with van der Waals surface area (Å²) in [6.45, 7) is 3.99. The molecule has 1 aromatic heterocycles. The SMILES string of the molecule is COC[C@H](C)NC(=O)[C@@H]1CCCN(c2ccc(Cl)nn2)C1. The third-order valence-corrected chi connectivity index (χ3v) is 3.74. The molecule has 21 heavy (non-hydrogen) atoms. The molecule has 1 saturated heterocycles. The maximum absolute atomic E-state index is 12.3. The van der Waals surface area contributed by atoms with Gasteiger partial charge < -0.3 is 15.0 Å². The zero-order chi connectivity index (χ0) is 15.2. The lowest BCUT2D eigenvalue weighted by atomic mass is 9.97. The number of halogens is 1. The van der Waals surface area contributed by atoms with Crippen LogP contribution in [0.2, 0.25) is 5.15 Å². The Bertz CT molecular complexity index is 469. The van der Waals surface area contributed by atoms with Gasteiger partial charge in [0.15, 0.2) is 11.0 Å². The summed E-state index contributed by atoms with van der Waals surface area (Å²) < 4.78 is 5.04. The lowest BCUT2D eigenvalue weighted by Gasteiger charge is -2.33. The minimum atomic E-state index is -0.0319. The monoisotopic (exact) mass is 312 g/mol. The van der Waals surface area contributed by atoms with Crippen molar-refractivity contribution in [3.63, 3.8) is 0 Å². The van der Waals surface area contributed by atoms with Crippen molar-refractivity contribution < 1.29 is 9.53 Å². The van der Waals surface area contributed by atoms with E-state index in [4.69, 9.17) is 16.3 Å². The summed E-state index contributed by atoms with van der Waals surface area (Å²) in [6.07, 6.45) is 1.85. The molecule has 0 unspecified atom stereocenters. The fraction of sp³-hybridized carbons (Fsp3) is 0.643. The minimum Gasteiger partial charge on any atom is -0.383 e. The van der Waals surface area contributed by atoms with Crippen LogP contribution in [0.5, 0.6) is 0 Å². The van der Waals surface area contributed by atoms with E-state index in [9.17, 15) is 4.79 Å². The number of amides is 1. The first-order valence-electron chi connectivity index (χ1n) is 7.13. The molecule has 0 bridgehead atoms. The van der Waals surface area contributed by atoms with Gasteiger partial charge in [0.1, 0.15) is 0 Å². The molecule has 1 aliphatic heterocycles. The molecule has 116 valence electrons. The van der Waals surface area contributed by atoms with Crippen molar-refractivity contribution in [2.45, 2.75) is 25.8 Å². The van der Waals surface area contributed by atoms with E-state index in [0.717, 1.165) is 25.2 Å². The van der Waals surface area contributed by atoms with Crippen molar-refractivity contribution in [3.8, 4) is 0 Å². The molecule has 0 aromatic carbocycles. The fourth-order valence-electron chi connectivity index (χ4n) is 2.53. The van der Waals surface area contributed by atoms with Crippen LogP contribution in [0.3, 0.4) is 0 Å². The molecule has 2 heterocycles. The highest BCUT2D eigenvalue weighted by Crippen LogP contribution is 2.22. The average Bonchev–Trinajstić information content (AvgIpc) is 2.48. The second-order valence-electron chi connectivity index (χ2n) is 5.36. The maximum atomic E-state index is 12.3. The molecule has 1 aliphatic rings. The van der Waals surface area contributed by atoms with Gasteiger partial charge in [-0.25, -0.2) is 0 Å². The molecule has 2 atom stereocenters.